The van der Waals surface area contributed by atoms with Gasteiger partial charge in [-0.05, 0) is 66.8 Å². The highest BCUT2D eigenvalue weighted by Crippen LogP contribution is 2.53. The molecule has 1 saturated carbocycles. The van der Waals surface area contributed by atoms with E-state index in [4.69, 9.17) is 9.47 Å². The average Bonchev–Trinajstić information content (AvgIpc) is 3.75. The van der Waals surface area contributed by atoms with Crippen LogP contribution in [0.2, 0.25) is 0 Å². The van der Waals surface area contributed by atoms with Gasteiger partial charge in [-0.25, -0.2) is 13.8 Å². The van der Waals surface area contributed by atoms with Crippen molar-refractivity contribution in [2.45, 2.75) is 31.6 Å². The van der Waals surface area contributed by atoms with Gasteiger partial charge in [-0.2, -0.15) is 0 Å². The van der Waals surface area contributed by atoms with Crippen LogP contribution in [-0.4, -0.2) is 23.3 Å². The standard InChI is InChI=1S/C32H27F2NO3S/c1-2-37-31(36)32(13-14-32)19-39-30-24-6-4-3-5-22(24)18-38-29-12-8-20(15-25(29)30)7-10-23-11-9-21-16-26(33)27(34)17-28(21)35-23/h3-12,15-17,30H,2,13-14,18-19H2,1H3/b10-7+. The van der Waals surface area contributed by atoms with Crippen molar-refractivity contribution >= 4 is 40.8 Å². The van der Waals surface area contributed by atoms with Crippen molar-refractivity contribution in [1.29, 1.82) is 0 Å². The van der Waals surface area contributed by atoms with Gasteiger partial charge >= 0.3 is 5.97 Å². The number of aromatic nitrogens is 1. The molecule has 0 saturated heterocycles. The summed E-state index contributed by atoms with van der Waals surface area (Å²) in [7, 11) is 0. The van der Waals surface area contributed by atoms with Crippen LogP contribution in [0.25, 0.3) is 23.1 Å². The fraction of sp³-hybridized carbons (Fsp3) is 0.250. The number of esters is 1. The number of ether oxygens (including phenoxy) is 2. The zero-order valence-electron chi connectivity index (χ0n) is 21.5. The molecule has 0 spiro atoms. The Bertz CT molecular complexity index is 1600. The molecule has 1 aliphatic heterocycles. The zero-order valence-corrected chi connectivity index (χ0v) is 22.3. The van der Waals surface area contributed by atoms with E-state index < -0.39 is 17.0 Å². The second kappa shape index (κ2) is 10.5. The molecular weight excluding hydrogens is 516 g/mol. The molecule has 0 amide bonds. The van der Waals surface area contributed by atoms with Gasteiger partial charge in [0.25, 0.3) is 0 Å². The van der Waals surface area contributed by atoms with Crippen LogP contribution in [0.15, 0.2) is 66.7 Å². The van der Waals surface area contributed by atoms with Gasteiger partial charge in [0, 0.05) is 22.8 Å². The maximum Gasteiger partial charge on any atom is 0.312 e. The molecule has 1 aliphatic carbocycles. The Morgan fingerprint density at radius 1 is 1.05 bits per heavy atom. The highest BCUT2D eigenvalue weighted by molar-refractivity contribution is 7.99. The molecule has 0 radical (unpaired) electrons. The lowest BCUT2D eigenvalue weighted by atomic mass is 9.98. The predicted molar refractivity (Wildman–Crippen MR) is 150 cm³/mol. The first-order valence-electron chi connectivity index (χ1n) is 13.0. The Hall–Kier alpha value is -3.71. The highest BCUT2D eigenvalue weighted by Gasteiger charge is 2.51. The third-order valence-electron chi connectivity index (χ3n) is 7.32. The first-order chi connectivity index (χ1) is 19.0. The van der Waals surface area contributed by atoms with Crippen molar-refractivity contribution in [1.82, 2.24) is 4.98 Å². The van der Waals surface area contributed by atoms with Crippen LogP contribution in [0.1, 0.15) is 53.0 Å². The van der Waals surface area contributed by atoms with Crippen LogP contribution in [0.3, 0.4) is 0 Å². The van der Waals surface area contributed by atoms with Gasteiger partial charge in [0.1, 0.15) is 12.4 Å². The fourth-order valence-electron chi connectivity index (χ4n) is 4.92. The molecule has 198 valence electrons. The van der Waals surface area contributed by atoms with Crippen molar-refractivity contribution in [3.63, 3.8) is 0 Å². The van der Waals surface area contributed by atoms with Crippen molar-refractivity contribution < 1.29 is 23.0 Å². The molecule has 6 rings (SSSR count). The van der Waals surface area contributed by atoms with Crippen LogP contribution in [0.4, 0.5) is 8.78 Å². The minimum Gasteiger partial charge on any atom is -0.489 e. The largest absolute Gasteiger partial charge is 0.489 e. The maximum atomic E-state index is 13.7. The molecule has 1 atom stereocenters. The lowest BCUT2D eigenvalue weighted by Crippen LogP contribution is -2.22. The second-order valence-corrected chi connectivity index (χ2v) is 11.1. The van der Waals surface area contributed by atoms with Gasteiger partial charge < -0.3 is 9.47 Å². The molecule has 4 aromatic rings. The van der Waals surface area contributed by atoms with Gasteiger partial charge in [-0.3, -0.25) is 4.79 Å². The summed E-state index contributed by atoms with van der Waals surface area (Å²) in [5.41, 5.74) is 4.97. The molecule has 4 nitrogen and oxygen atoms in total. The number of pyridine rings is 1. The minimum absolute atomic E-state index is 0.00406. The number of halogens is 2. The van der Waals surface area contributed by atoms with E-state index in [1.54, 1.807) is 23.9 Å². The van der Waals surface area contributed by atoms with E-state index in [-0.39, 0.29) is 11.2 Å². The summed E-state index contributed by atoms with van der Waals surface area (Å²) in [6.07, 6.45) is 5.52. The van der Waals surface area contributed by atoms with Gasteiger partial charge in [-0.1, -0.05) is 42.5 Å². The number of carbonyl (C=O) groups excluding carboxylic acids is 1. The topological polar surface area (TPSA) is 48.4 Å². The maximum absolute atomic E-state index is 13.7. The Balaban J connectivity index is 1.31. The van der Waals surface area contributed by atoms with E-state index in [0.29, 0.717) is 35.6 Å². The van der Waals surface area contributed by atoms with Crippen LogP contribution < -0.4 is 4.74 Å². The van der Waals surface area contributed by atoms with Gasteiger partial charge in [0.2, 0.25) is 0 Å². The fourth-order valence-corrected chi connectivity index (χ4v) is 6.59. The third-order valence-corrected chi connectivity index (χ3v) is 8.89. The number of hydrogen-bond acceptors (Lipinski definition) is 5. The smallest absolute Gasteiger partial charge is 0.312 e. The van der Waals surface area contributed by atoms with Gasteiger partial charge in [0.15, 0.2) is 11.6 Å². The average molecular weight is 544 g/mol. The number of fused-ring (bicyclic) bond motifs is 3. The van der Waals surface area contributed by atoms with Crippen LogP contribution in [-0.2, 0) is 16.1 Å². The van der Waals surface area contributed by atoms with Crippen molar-refractivity contribution in [2.75, 3.05) is 12.4 Å². The Morgan fingerprint density at radius 2 is 1.87 bits per heavy atom. The second-order valence-electron chi connectivity index (χ2n) is 10.0. The molecule has 2 heterocycles. The first kappa shape index (κ1) is 25.6. The number of carbonyl (C=O) groups is 1. The predicted octanol–water partition coefficient (Wildman–Crippen LogP) is 7.74. The van der Waals surface area contributed by atoms with Crippen LogP contribution >= 0.6 is 11.8 Å². The number of hydrogen-bond donors (Lipinski definition) is 0. The number of thioether (sulfide) groups is 1. The summed E-state index contributed by atoms with van der Waals surface area (Å²) in [6.45, 7) is 2.72. The van der Waals surface area contributed by atoms with Crippen molar-refractivity contribution in [3.8, 4) is 5.75 Å². The Kier molecular flexibility index (Phi) is 6.85. The molecule has 1 aromatic heterocycles. The van der Waals surface area contributed by atoms with Gasteiger partial charge in [0.05, 0.1) is 28.5 Å². The molecule has 0 N–H and O–H groups in total. The van der Waals surface area contributed by atoms with Crippen molar-refractivity contribution in [2.24, 2.45) is 5.41 Å². The van der Waals surface area contributed by atoms with E-state index in [9.17, 15) is 13.6 Å². The summed E-state index contributed by atoms with van der Waals surface area (Å²) < 4.78 is 38.9. The van der Waals surface area contributed by atoms with E-state index in [0.717, 1.165) is 47.4 Å². The zero-order chi connectivity index (χ0) is 27.0. The van der Waals surface area contributed by atoms with E-state index >= 15 is 0 Å². The third kappa shape index (κ3) is 5.15. The molecule has 2 aliphatic rings. The number of benzene rings is 3. The minimum atomic E-state index is -0.915. The normalized spacial score (nSPS) is 17.3. The summed E-state index contributed by atoms with van der Waals surface area (Å²) in [4.78, 5) is 17.1. The van der Waals surface area contributed by atoms with Crippen LogP contribution in [0.5, 0.6) is 5.75 Å². The molecule has 1 fully saturated rings. The summed E-state index contributed by atoms with van der Waals surface area (Å²) in [6, 6.07) is 20.2. The number of nitrogens with zero attached hydrogens (tertiary/aromatic N) is 1. The van der Waals surface area contributed by atoms with Gasteiger partial charge in [-0.15, -0.1) is 11.8 Å². The van der Waals surface area contributed by atoms with Crippen LogP contribution in [0, 0.1) is 17.0 Å². The molecule has 39 heavy (non-hydrogen) atoms. The lowest BCUT2D eigenvalue weighted by molar-refractivity contribution is -0.148. The van der Waals surface area contributed by atoms with Crippen molar-refractivity contribution in [3.05, 3.63) is 106 Å². The summed E-state index contributed by atoms with van der Waals surface area (Å²) in [5.74, 6) is -0.394. The summed E-state index contributed by atoms with van der Waals surface area (Å²) in [5, 5.41) is 0.540. The van der Waals surface area contributed by atoms with E-state index in [1.165, 1.54) is 5.56 Å². The monoisotopic (exact) mass is 543 g/mol. The van der Waals surface area contributed by atoms with E-state index in [1.807, 2.05) is 43.3 Å². The SMILES string of the molecule is CCOC(=O)C1(CSC2c3ccccc3COc3ccc(/C=C/c4ccc5cc(F)c(F)cc5n4)cc32)CC1. The lowest BCUT2D eigenvalue weighted by Gasteiger charge is -2.22. The Labute approximate surface area is 230 Å². The Morgan fingerprint density at radius 3 is 2.69 bits per heavy atom. The summed E-state index contributed by atoms with van der Waals surface area (Å²) >= 11 is 1.76. The number of rotatable bonds is 7. The molecule has 3 aromatic carbocycles. The molecule has 1 unspecified atom stereocenters. The molecule has 7 heteroatoms. The molecule has 0 bridgehead atoms. The quantitative estimate of drug-likeness (QED) is 0.223. The molecular formula is C32H27F2NO3S. The first-order valence-corrected chi connectivity index (χ1v) is 14.1. The highest BCUT2D eigenvalue weighted by atomic mass is 32.2. The van der Waals surface area contributed by atoms with E-state index in [2.05, 4.69) is 23.2 Å².